The number of carbonyl (C=O) groups excluding carboxylic acids is 1. The molecule has 3 N–H and O–H groups in total. The van der Waals surface area contributed by atoms with Crippen LogP contribution in [-0.4, -0.2) is 25.8 Å². The Morgan fingerprint density at radius 2 is 1.74 bits per heavy atom. The summed E-state index contributed by atoms with van der Waals surface area (Å²) in [6, 6.07) is 20.0. The van der Waals surface area contributed by atoms with Gasteiger partial charge in [-0.25, -0.2) is 9.97 Å². The predicted molar refractivity (Wildman–Crippen MR) is 137 cm³/mol. The Balaban J connectivity index is 1.33. The maximum Gasteiger partial charge on any atom is 0.416 e. The van der Waals surface area contributed by atoms with Gasteiger partial charge >= 0.3 is 6.18 Å². The van der Waals surface area contributed by atoms with Gasteiger partial charge in [-0.2, -0.15) is 13.2 Å². The number of carbonyl (C=O) groups is 1. The second-order valence-electron chi connectivity index (χ2n) is 9.18. The lowest BCUT2D eigenvalue weighted by atomic mass is 9.98. The van der Waals surface area contributed by atoms with Crippen molar-refractivity contribution < 1.29 is 18.0 Å². The third-order valence-corrected chi connectivity index (χ3v) is 6.99. The van der Waals surface area contributed by atoms with Crippen molar-refractivity contribution in [3.05, 3.63) is 107 Å². The third-order valence-electron chi connectivity index (χ3n) is 6.99. The van der Waals surface area contributed by atoms with E-state index in [1.54, 1.807) is 18.5 Å². The van der Waals surface area contributed by atoms with E-state index in [2.05, 4.69) is 25.3 Å². The summed E-state index contributed by atoms with van der Waals surface area (Å²) in [6.07, 6.45) is -1.11. The summed E-state index contributed by atoms with van der Waals surface area (Å²) in [5.74, 6) is 0.222. The van der Waals surface area contributed by atoms with Crippen LogP contribution in [0.1, 0.15) is 33.1 Å². The molecule has 1 amide bonds. The molecular formula is C29H18F3N5O. The number of H-pyrrole nitrogens is 2. The number of benzene rings is 3. The van der Waals surface area contributed by atoms with Crippen LogP contribution in [0.5, 0.6) is 0 Å². The molecule has 1 aliphatic rings. The van der Waals surface area contributed by atoms with Crippen LogP contribution in [0.15, 0.2) is 85.2 Å². The van der Waals surface area contributed by atoms with Gasteiger partial charge in [0.25, 0.3) is 5.91 Å². The molecule has 1 aliphatic carbocycles. The number of nitrogens with zero attached hydrogens (tertiary/aromatic N) is 2. The van der Waals surface area contributed by atoms with Gasteiger partial charge in [0.1, 0.15) is 11.5 Å². The molecule has 3 aromatic carbocycles. The van der Waals surface area contributed by atoms with Gasteiger partial charge in [0.05, 0.1) is 28.2 Å². The van der Waals surface area contributed by atoms with Gasteiger partial charge < -0.3 is 15.3 Å². The number of alkyl halides is 3. The Kier molecular flexibility index (Phi) is 4.72. The van der Waals surface area contributed by atoms with E-state index in [1.165, 1.54) is 6.07 Å². The fourth-order valence-corrected chi connectivity index (χ4v) is 5.29. The molecule has 3 aromatic heterocycles. The van der Waals surface area contributed by atoms with Crippen molar-refractivity contribution in [3.8, 4) is 22.5 Å². The first kappa shape index (κ1) is 22.3. The van der Waals surface area contributed by atoms with Crippen molar-refractivity contribution in [1.82, 2.24) is 25.3 Å². The van der Waals surface area contributed by atoms with Crippen molar-refractivity contribution in [2.24, 2.45) is 0 Å². The highest BCUT2D eigenvalue weighted by molar-refractivity contribution is 6.06. The Hall–Kier alpha value is -4.92. The minimum Gasteiger partial charge on any atom is -0.346 e. The average Bonchev–Trinajstić information content (AvgIpc) is 3.64. The molecule has 0 spiro atoms. The van der Waals surface area contributed by atoms with Crippen LogP contribution in [0.3, 0.4) is 0 Å². The fourth-order valence-electron chi connectivity index (χ4n) is 5.29. The summed E-state index contributed by atoms with van der Waals surface area (Å²) in [5, 5.41) is 3.91. The van der Waals surface area contributed by atoms with E-state index in [-0.39, 0.29) is 5.91 Å². The molecular weight excluding hydrogens is 491 g/mol. The summed E-state index contributed by atoms with van der Waals surface area (Å²) >= 11 is 0. The molecule has 0 saturated carbocycles. The van der Waals surface area contributed by atoms with Crippen molar-refractivity contribution in [3.63, 3.8) is 0 Å². The van der Waals surface area contributed by atoms with E-state index >= 15 is 0 Å². The minimum absolute atomic E-state index is 0.238. The highest BCUT2D eigenvalue weighted by atomic mass is 19.4. The monoisotopic (exact) mass is 509 g/mol. The lowest BCUT2D eigenvalue weighted by molar-refractivity contribution is -0.137. The van der Waals surface area contributed by atoms with Gasteiger partial charge in [-0.3, -0.25) is 4.79 Å². The zero-order valence-corrected chi connectivity index (χ0v) is 19.6. The van der Waals surface area contributed by atoms with Gasteiger partial charge in [0, 0.05) is 23.3 Å². The maximum absolute atomic E-state index is 13.5. The smallest absolute Gasteiger partial charge is 0.346 e. The first-order chi connectivity index (χ1) is 18.4. The minimum atomic E-state index is -4.45. The lowest BCUT2D eigenvalue weighted by Gasteiger charge is -2.16. The van der Waals surface area contributed by atoms with Crippen molar-refractivity contribution in [2.75, 3.05) is 0 Å². The molecule has 0 aliphatic heterocycles. The van der Waals surface area contributed by atoms with Gasteiger partial charge in [-0.1, -0.05) is 42.5 Å². The van der Waals surface area contributed by atoms with Crippen molar-refractivity contribution in [1.29, 1.82) is 0 Å². The molecule has 0 fully saturated rings. The number of hydrogen-bond acceptors (Lipinski definition) is 3. The van der Waals surface area contributed by atoms with Crippen LogP contribution < -0.4 is 5.32 Å². The van der Waals surface area contributed by atoms with Crippen LogP contribution in [-0.2, 0) is 6.18 Å². The zero-order chi connectivity index (χ0) is 26.0. The molecule has 38 heavy (non-hydrogen) atoms. The Bertz CT molecular complexity index is 1880. The number of imidazole rings is 1. The van der Waals surface area contributed by atoms with Gasteiger partial charge in [0.2, 0.25) is 0 Å². The number of pyridine rings is 1. The summed E-state index contributed by atoms with van der Waals surface area (Å²) in [7, 11) is 0. The van der Waals surface area contributed by atoms with Crippen LogP contribution in [0.4, 0.5) is 13.2 Å². The lowest BCUT2D eigenvalue weighted by Crippen LogP contribution is -2.28. The van der Waals surface area contributed by atoms with Crippen molar-refractivity contribution in [2.45, 2.75) is 12.2 Å². The Morgan fingerprint density at radius 3 is 2.61 bits per heavy atom. The highest BCUT2D eigenvalue weighted by Gasteiger charge is 2.33. The summed E-state index contributed by atoms with van der Waals surface area (Å²) in [5.41, 5.74) is 5.51. The van der Waals surface area contributed by atoms with Crippen LogP contribution >= 0.6 is 0 Å². The van der Waals surface area contributed by atoms with Crippen LogP contribution in [0, 0.1) is 0 Å². The van der Waals surface area contributed by atoms with Gasteiger partial charge in [-0.05, 0) is 52.6 Å². The first-order valence-corrected chi connectivity index (χ1v) is 11.9. The van der Waals surface area contributed by atoms with E-state index in [9.17, 15) is 18.0 Å². The molecule has 1 atom stereocenters. The largest absolute Gasteiger partial charge is 0.416 e. The summed E-state index contributed by atoms with van der Waals surface area (Å²) in [6.45, 7) is 0. The van der Waals surface area contributed by atoms with Crippen molar-refractivity contribution >= 4 is 28.0 Å². The quantitative estimate of drug-likeness (QED) is 0.250. The normalized spacial score (nSPS) is 14.6. The van der Waals surface area contributed by atoms with E-state index in [0.29, 0.717) is 28.1 Å². The first-order valence-electron chi connectivity index (χ1n) is 11.9. The molecule has 186 valence electrons. The topological polar surface area (TPSA) is 86.5 Å². The summed E-state index contributed by atoms with van der Waals surface area (Å²) in [4.78, 5) is 28.4. The second-order valence-corrected chi connectivity index (χ2v) is 9.18. The maximum atomic E-state index is 13.5. The second kappa shape index (κ2) is 8.04. The number of rotatable bonds is 3. The molecule has 6 aromatic rings. The van der Waals surface area contributed by atoms with E-state index in [1.807, 2.05) is 48.5 Å². The number of halogens is 3. The Labute approximate surface area is 213 Å². The predicted octanol–water partition coefficient (Wildman–Crippen LogP) is 6.62. The third kappa shape index (κ3) is 3.39. The van der Waals surface area contributed by atoms with E-state index in [4.69, 9.17) is 0 Å². The SMILES string of the molecule is O=C(N[C@@H]1c2ccccc2-c2c(-c3nc4ccc(C(F)(F)F)cc4[nH]3)cccc21)c1ccnc2[nH]ccc12. The molecule has 3 heterocycles. The van der Waals surface area contributed by atoms with Crippen LogP contribution in [0.25, 0.3) is 44.6 Å². The molecule has 0 saturated heterocycles. The van der Waals surface area contributed by atoms with Gasteiger partial charge in [0.15, 0.2) is 0 Å². The summed E-state index contributed by atoms with van der Waals surface area (Å²) < 4.78 is 39.8. The van der Waals surface area contributed by atoms with Crippen LogP contribution in [0.2, 0.25) is 0 Å². The number of aromatic amines is 2. The number of hydrogen-bond donors (Lipinski definition) is 3. The van der Waals surface area contributed by atoms with Gasteiger partial charge in [-0.15, -0.1) is 0 Å². The zero-order valence-electron chi connectivity index (χ0n) is 19.6. The molecule has 9 heteroatoms. The molecule has 0 unspecified atom stereocenters. The number of amides is 1. The van der Waals surface area contributed by atoms with E-state index < -0.39 is 17.8 Å². The standard InChI is InChI=1S/C29H18F3N5O/c30-29(31,32)15-8-9-22-23(14-15)36-27(35-22)21-7-3-6-20-24(21)16-4-1-2-5-17(16)25(20)37-28(38)19-11-13-34-26-18(19)10-12-33-26/h1-14,25H,(H,33,34)(H,35,36)(H,37,38)/t25-/m1/s1. The fraction of sp³-hybridized carbons (Fsp3) is 0.0690. The molecule has 0 radical (unpaired) electrons. The number of fused-ring (bicyclic) bond motifs is 5. The number of nitrogens with one attached hydrogen (secondary N) is 3. The highest BCUT2D eigenvalue weighted by Crippen LogP contribution is 2.48. The molecule has 7 rings (SSSR count). The Morgan fingerprint density at radius 1 is 0.921 bits per heavy atom. The molecule has 0 bridgehead atoms. The number of aromatic nitrogens is 4. The molecule has 6 nitrogen and oxygen atoms in total. The van der Waals surface area contributed by atoms with E-state index in [0.717, 1.165) is 45.3 Å². The average molecular weight is 509 g/mol.